The summed E-state index contributed by atoms with van der Waals surface area (Å²) in [6.45, 7) is 0. The Hall–Kier alpha value is 2.26. The molecule has 0 saturated heterocycles. The Morgan fingerprint density at radius 2 is 0.417 bits per heavy atom. The average molecular weight is 245 g/mol. The minimum Gasteiger partial charge on any atom is -0.222 e. The molecule has 0 spiro atoms. The van der Waals surface area contributed by atoms with Crippen molar-refractivity contribution in [3.05, 3.63) is 0 Å². The van der Waals surface area contributed by atoms with Crippen LogP contribution in [0.25, 0.3) is 0 Å². The van der Waals surface area contributed by atoms with Crippen molar-refractivity contribution in [3.8, 4) is 0 Å². The zero-order chi connectivity index (χ0) is 9.00. The van der Waals surface area contributed by atoms with Gasteiger partial charge in [-0.1, -0.05) is 0 Å². The second kappa shape index (κ2) is 9.80. The largest absolute Gasteiger partial charge is 1.00 e. The van der Waals surface area contributed by atoms with Crippen LogP contribution >= 0.6 is 0 Å². The standard InChI is InChI=1S/2ClHO4.2Na/c2*2-1(3,4)5;;/h2*(H,2,3,4,5);;/q;;2*+1/p-2. The molecule has 0 aliphatic rings. The molecule has 0 bridgehead atoms. The van der Waals surface area contributed by atoms with E-state index in [0.717, 1.165) is 0 Å². The second-order valence-electron chi connectivity index (χ2n) is 0.756. The number of rotatable bonds is 0. The van der Waals surface area contributed by atoms with E-state index < -0.39 is 20.5 Å². The van der Waals surface area contributed by atoms with Crippen molar-refractivity contribution >= 4 is 0 Å². The molecule has 0 aromatic heterocycles. The monoisotopic (exact) mass is 244 g/mol. The van der Waals surface area contributed by atoms with Gasteiger partial charge >= 0.3 is 59.1 Å². The summed E-state index contributed by atoms with van der Waals surface area (Å²) in [7, 11) is -9.89. The molecule has 0 aromatic carbocycles. The van der Waals surface area contributed by atoms with Crippen LogP contribution in [0.3, 0.4) is 0 Å². The fraction of sp³-hybridized carbons (Fsp3) is 0. The second-order valence-corrected chi connectivity index (χ2v) is 2.27. The first-order valence-corrected chi connectivity index (χ1v) is 3.70. The van der Waals surface area contributed by atoms with Gasteiger partial charge in [-0.05, 0) is 0 Å². The Bertz CT molecular complexity index is 58.0. The molecule has 0 radical (unpaired) electrons. The molecule has 12 heteroatoms. The van der Waals surface area contributed by atoms with Crippen molar-refractivity contribution in [1.29, 1.82) is 0 Å². The molecule has 0 rings (SSSR count). The molecule has 0 saturated carbocycles. The molecule has 0 aliphatic carbocycles. The van der Waals surface area contributed by atoms with E-state index in [1.165, 1.54) is 0 Å². The molecule has 0 amide bonds. The Balaban J connectivity index is -0.0000000457. The molecular formula is Cl2Na2O8. The summed E-state index contributed by atoms with van der Waals surface area (Å²) in [4.78, 5) is 0. The van der Waals surface area contributed by atoms with E-state index in [-0.39, 0.29) is 59.1 Å². The average Bonchev–Trinajstić information content (AvgIpc) is 1.12. The Morgan fingerprint density at radius 1 is 0.417 bits per heavy atom. The molecule has 0 N–H and O–H groups in total. The van der Waals surface area contributed by atoms with Crippen LogP contribution in [-0.4, -0.2) is 0 Å². The van der Waals surface area contributed by atoms with Crippen molar-refractivity contribution in [2.24, 2.45) is 0 Å². The summed E-state index contributed by atoms with van der Waals surface area (Å²) < 4.78 is 67.9. The van der Waals surface area contributed by atoms with E-state index in [4.69, 9.17) is 37.3 Å². The fourth-order valence-electron chi connectivity index (χ4n) is 0. The Labute approximate surface area is 115 Å². The normalized spacial score (nSPS) is 10.0. The molecular weight excluding hydrogens is 245 g/mol. The van der Waals surface area contributed by atoms with E-state index in [9.17, 15) is 0 Å². The zero-order valence-electron chi connectivity index (χ0n) is 6.02. The van der Waals surface area contributed by atoms with Crippen LogP contribution in [0.4, 0.5) is 0 Å². The van der Waals surface area contributed by atoms with Gasteiger partial charge in [-0.25, -0.2) is 37.3 Å². The van der Waals surface area contributed by atoms with Gasteiger partial charge in [0.2, 0.25) is 0 Å². The van der Waals surface area contributed by atoms with Gasteiger partial charge < -0.3 is 0 Å². The van der Waals surface area contributed by atoms with Gasteiger partial charge in [0.05, 0.1) is 0 Å². The molecule has 0 aromatic rings. The maximum absolute atomic E-state index is 8.49. The number of hydrogen-bond acceptors (Lipinski definition) is 8. The topological polar surface area (TPSA) is 184 Å². The van der Waals surface area contributed by atoms with Crippen LogP contribution in [0.5, 0.6) is 0 Å². The Morgan fingerprint density at radius 3 is 0.417 bits per heavy atom. The molecule has 12 heavy (non-hydrogen) atoms. The maximum atomic E-state index is 8.49. The SMILES string of the molecule is [Na+].[Na+].[O-][Cl+3]([O-])([O-])[O-].[O-][Cl+3]([O-])([O-])[O-]. The predicted octanol–water partition coefficient (Wildman–Crippen LogP) is -15.5. The van der Waals surface area contributed by atoms with Gasteiger partial charge in [0.15, 0.2) is 0 Å². The van der Waals surface area contributed by atoms with Crippen LogP contribution < -0.4 is 96.4 Å². The zero-order valence-corrected chi connectivity index (χ0v) is 11.5. The van der Waals surface area contributed by atoms with E-state index in [1.54, 1.807) is 0 Å². The van der Waals surface area contributed by atoms with E-state index in [2.05, 4.69) is 0 Å². The third-order valence-electron chi connectivity index (χ3n) is 0. The fourth-order valence-corrected chi connectivity index (χ4v) is 0. The summed E-state index contributed by atoms with van der Waals surface area (Å²) in [6, 6.07) is 0. The van der Waals surface area contributed by atoms with Crippen LogP contribution in [0, 0.1) is 20.5 Å². The quantitative estimate of drug-likeness (QED) is 0.376. The molecule has 0 aliphatic heterocycles. The van der Waals surface area contributed by atoms with Crippen LogP contribution in [-0.2, 0) is 0 Å². The maximum Gasteiger partial charge on any atom is 1.00 e. The first kappa shape index (κ1) is 23.8. The van der Waals surface area contributed by atoms with Crippen molar-refractivity contribution in [1.82, 2.24) is 0 Å². The summed E-state index contributed by atoms with van der Waals surface area (Å²) >= 11 is 0. The van der Waals surface area contributed by atoms with Crippen LogP contribution in [0.1, 0.15) is 0 Å². The molecule has 0 unspecified atom stereocenters. The van der Waals surface area contributed by atoms with Gasteiger partial charge in [-0.3, -0.25) is 0 Å². The number of halogens is 2. The Kier molecular flexibility index (Phi) is 19.5. The molecule has 64 valence electrons. The first-order valence-electron chi connectivity index (χ1n) is 1.23. The molecule has 0 heterocycles. The van der Waals surface area contributed by atoms with E-state index in [1.807, 2.05) is 0 Å². The van der Waals surface area contributed by atoms with Crippen molar-refractivity contribution in [2.75, 3.05) is 0 Å². The van der Waals surface area contributed by atoms with Crippen molar-refractivity contribution in [3.63, 3.8) is 0 Å². The van der Waals surface area contributed by atoms with Gasteiger partial charge in [-0.15, -0.1) is 20.5 Å². The third kappa shape index (κ3) is 304. The first-order chi connectivity index (χ1) is 4.00. The summed E-state index contributed by atoms with van der Waals surface area (Å²) in [5, 5.41) is 0. The van der Waals surface area contributed by atoms with Gasteiger partial charge in [0, 0.05) is 0 Å². The third-order valence-corrected chi connectivity index (χ3v) is 0. The van der Waals surface area contributed by atoms with E-state index in [0.29, 0.717) is 0 Å². The summed E-state index contributed by atoms with van der Waals surface area (Å²) in [5.74, 6) is 0. The van der Waals surface area contributed by atoms with Crippen LogP contribution in [0.15, 0.2) is 0 Å². The smallest absolute Gasteiger partial charge is 0.222 e. The van der Waals surface area contributed by atoms with Gasteiger partial charge in [-0.2, -0.15) is 0 Å². The van der Waals surface area contributed by atoms with E-state index >= 15 is 0 Å². The number of hydrogen-bond donors (Lipinski definition) is 0. The molecule has 0 fully saturated rings. The summed E-state index contributed by atoms with van der Waals surface area (Å²) in [6.07, 6.45) is 0. The summed E-state index contributed by atoms with van der Waals surface area (Å²) in [5.41, 5.74) is 0. The van der Waals surface area contributed by atoms with Gasteiger partial charge in [0.25, 0.3) is 0 Å². The molecule has 8 nitrogen and oxygen atoms in total. The van der Waals surface area contributed by atoms with Crippen molar-refractivity contribution < 1.29 is 117 Å². The minimum absolute atomic E-state index is 0. The van der Waals surface area contributed by atoms with Gasteiger partial charge in [0.1, 0.15) is 0 Å². The van der Waals surface area contributed by atoms with Crippen LogP contribution in [0.2, 0.25) is 0 Å². The predicted molar refractivity (Wildman–Crippen MR) is 0 cm³/mol. The van der Waals surface area contributed by atoms with Crippen molar-refractivity contribution in [2.45, 2.75) is 0 Å². The molecule has 0 atom stereocenters. The minimum atomic E-state index is -4.94.